The molecule has 214 valence electrons. The van der Waals surface area contributed by atoms with Gasteiger partial charge in [0.15, 0.2) is 5.82 Å². The third-order valence-electron chi connectivity index (χ3n) is 9.10. The number of rotatable bonds is 3. The van der Waals surface area contributed by atoms with Crippen molar-refractivity contribution in [2.45, 2.75) is 0 Å². The van der Waals surface area contributed by atoms with Crippen LogP contribution in [0.15, 0.2) is 146 Å². The van der Waals surface area contributed by atoms with E-state index in [1.165, 1.54) is 73.0 Å². The molecule has 0 unspecified atom stereocenters. The lowest BCUT2D eigenvalue weighted by atomic mass is 9.98. The molecule has 3 aromatic heterocycles. The summed E-state index contributed by atoms with van der Waals surface area (Å²) in [5.41, 5.74) is 5.62. The quantitative estimate of drug-likeness (QED) is 0.196. The summed E-state index contributed by atoms with van der Waals surface area (Å²) >= 11 is 3.81. The molecule has 10 aromatic rings. The number of nitrogens with zero attached hydrogens (tertiary/aromatic N) is 2. The van der Waals surface area contributed by atoms with Crippen molar-refractivity contribution in [1.82, 2.24) is 9.97 Å². The van der Waals surface area contributed by atoms with E-state index in [0.29, 0.717) is 0 Å². The molecular weight excluding hydrogens is 597 g/mol. The molecule has 0 amide bonds. The number of fused-ring (bicyclic) bond motifs is 8. The highest BCUT2D eigenvalue weighted by atomic mass is 32.1. The van der Waals surface area contributed by atoms with Gasteiger partial charge in [-0.05, 0) is 91.5 Å². The molecule has 0 saturated heterocycles. The molecule has 3 heterocycles. The van der Waals surface area contributed by atoms with Crippen molar-refractivity contribution in [3.8, 4) is 33.6 Å². The minimum atomic E-state index is 0.740. The van der Waals surface area contributed by atoms with E-state index in [1.807, 2.05) is 35.1 Å². The Bertz CT molecular complexity index is 2790. The van der Waals surface area contributed by atoms with E-state index in [1.54, 1.807) is 0 Å². The van der Waals surface area contributed by atoms with Gasteiger partial charge in [0, 0.05) is 43.7 Å². The molecule has 7 aromatic carbocycles. The van der Waals surface area contributed by atoms with Crippen LogP contribution in [0.3, 0.4) is 0 Å². The Labute approximate surface area is 272 Å². The summed E-state index contributed by atoms with van der Waals surface area (Å²) in [6, 6.07) is 48.4. The molecule has 0 aliphatic rings. The molecule has 0 atom stereocenters. The van der Waals surface area contributed by atoms with Crippen molar-refractivity contribution in [2.24, 2.45) is 0 Å². The van der Waals surface area contributed by atoms with Crippen molar-refractivity contribution >= 4 is 84.6 Å². The summed E-state index contributed by atoms with van der Waals surface area (Å²) in [7, 11) is 0. The van der Waals surface area contributed by atoms with E-state index in [2.05, 4.69) is 133 Å². The van der Waals surface area contributed by atoms with Crippen molar-refractivity contribution < 1.29 is 0 Å². The van der Waals surface area contributed by atoms with Crippen LogP contribution in [0, 0.1) is 0 Å². The smallest absolute Gasteiger partial charge is 0.159 e. The predicted molar refractivity (Wildman–Crippen MR) is 199 cm³/mol. The van der Waals surface area contributed by atoms with E-state index in [4.69, 9.17) is 9.97 Å². The van der Waals surface area contributed by atoms with E-state index in [0.717, 1.165) is 22.5 Å². The molecule has 46 heavy (non-hydrogen) atoms. The largest absolute Gasteiger partial charge is 0.236 e. The zero-order chi connectivity index (χ0) is 30.2. The van der Waals surface area contributed by atoms with Crippen LogP contribution in [0.5, 0.6) is 0 Å². The highest BCUT2D eigenvalue weighted by Gasteiger charge is 2.14. The van der Waals surface area contributed by atoms with Crippen molar-refractivity contribution in [2.75, 3.05) is 0 Å². The SMILES string of the molecule is c1ccc(-c2ccc3cc(-c4cnc(-c5ccc6cc7c(cc6c5)sc5c6cc8ccccc8cc6sc75)nc4)ccc3c2)cc1. The van der Waals surface area contributed by atoms with E-state index in [9.17, 15) is 0 Å². The van der Waals surface area contributed by atoms with Gasteiger partial charge in [-0.15, -0.1) is 22.7 Å². The lowest BCUT2D eigenvalue weighted by molar-refractivity contribution is 1.18. The molecule has 0 saturated carbocycles. The third-order valence-corrected chi connectivity index (χ3v) is 11.6. The first-order valence-electron chi connectivity index (χ1n) is 15.4. The van der Waals surface area contributed by atoms with Gasteiger partial charge < -0.3 is 0 Å². The molecule has 0 N–H and O–H groups in total. The fourth-order valence-electron chi connectivity index (χ4n) is 6.69. The van der Waals surface area contributed by atoms with Crippen LogP contribution in [0.25, 0.3) is 95.5 Å². The van der Waals surface area contributed by atoms with Crippen LogP contribution in [-0.4, -0.2) is 9.97 Å². The normalized spacial score (nSPS) is 11.9. The van der Waals surface area contributed by atoms with Gasteiger partial charge in [0.25, 0.3) is 0 Å². The first kappa shape index (κ1) is 25.9. The lowest BCUT2D eigenvalue weighted by Crippen LogP contribution is -1.90. The second-order valence-electron chi connectivity index (χ2n) is 11.9. The number of aromatic nitrogens is 2. The topological polar surface area (TPSA) is 25.8 Å². The Morgan fingerprint density at radius 2 is 0.826 bits per heavy atom. The van der Waals surface area contributed by atoms with Crippen LogP contribution in [0.2, 0.25) is 0 Å². The van der Waals surface area contributed by atoms with Gasteiger partial charge in [-0.1, -0.05) is 91.0 Å². The second kappa shape index (κ2) is 10.0. The molecule has 0 aliphatic heterocycles. The molecule has 0 fully saturated rings. The maximum Gasteiger partial charge on any atom is 0.159 e. The van der Waals surface area contributed by atoms with Gasteiger partial charge in [-0.3, -0.25) is 0 Å². The van der Waals surface area contributed by atoms with Crippen LogP contribution in [0.4, 0.5) is 0 Å². The van der Waals surface area contributed by atoms with Gasteiger partial charge in [-0.25, -0.2) is 9.97 Å². The summed E-state index contributed by atoms with van der Waals surface area (Å²) in [6.07, 6.45) is 3.88. The van der Waals surface area contributed by atoms with Crippen LogP contribution in [-0.2, 0) is 0 Å². The average molecular weight is 621 g/mol. The molecule has 0 spiro atoms. The Kier molecular flexibility index (Phi) is 5.65. The molecular formula is C42H24N2S2. The summed E-state index contributed by atoms with van der Waals surface area (Å²) in [6.45, 7) is 0. The highest BCUT2D eigenvalue weighted by Crippen LogP contribution is 2.46. The lowest BCUT2D eigenvalue weighted by Gasteiger charge is -2.08. The molecule has 2 nitrogen and oxygen atoms in total. The maximum absolute atomic E-state index is 4.81. The van der Waals surface area contributed by atoms with E-state index in [-0.39, 0.29) is 0 Å². The number of hydrogen-bond acceptors (Lipinski definition) is 4. The van der Waals surface area contributed by atoms with Gasteiger partial charge in [0.1, 0.15) is 0 Å². The van der Waals surface area contributed by atoms with E-state index >= 15 is 0 Å². The summed E-state index contributed by atoms with van der Waals surface area (Å²) in [5.74, 6) is 0.740. The van der Waals surface area contributed by atoms with E-state index < -0.39 is 0 Å². The molecule has 10 rings (SSSR count). The first-order chi connectivity index (χ1) is 22.7. The number of hydrogen-bond donors (Lipinski definition) is 0. The Hall–Kier alpha value is -5.42. The second-order valence-corrected chi connectivity index (χ2v) is 14.0. The van der Waals surface area contributed by atoms with Gasteiger partial charge >= 0.3 is 0 Å². The Balaban J connectivity index is 0.983. The Morgan fingerprint density at radius 1 is 0.348 bits per heavy atom. The third kappa shape index (κ3) is 4.15. The zero-order valence-electron chi connectivity index (χ0n) is 24.6. The standard InChI is InChI=1S/C42H24N2S2/c1-2-6-25(7-3-1)28-10-11-30-17-31(13-12-29(30)16-28)35-23-43-42(44-24-35)33-15-14-32-20-37-39(22-34(32)18-33)46-40-36-19-26-8-4-5-9-27(26)21-38(36)45-41(37)40/h1-24H. The van der Waals surface area contributed by atoms with Gasteiger partial charge in [0.05, 0.1) is 9.40 Å². The Morgan fingerprint density at radius 3 is 1.48 bits per heavy atom. The first-order valence-corrected chi connectivity index (χ1v) is 17.0. The minimum absolute atomic E-state index is 0.740. The maximum atomic E-state index is 4.81. The average Bonchev–Trinajstić information content (AvgIpc) is 3.64. The van der Waals surface area contributed by atoms with Gasteiger partial charge in [-0.2, -0.15) is 0 Å². The van der Waals surface area contributed by atoms with Crippen LogP contribution >= 0.6 is 22.7 Å². The monoisotopic (exact) mass is 620 g/mol. The molecule has 0 aliphatic carbocycles. The fraction of sp³-hybridized carbons (Fsp3) is 0. The van der Waals surface area contributed by atoms with Crippen molar-refractivity contribution in [3.05, 3.63) is 146 Å². The highest BCUT2D eigenvalue weighted by molar-refractivity contribution is 7.36. The van der Waals surface area contributed by atoms with Crippen molar-refractivity contribution in [3.63, 3.8) is 0 Å². The molecule has 0 radical (unpaired) electrons. The zero-order valence-corrected chi connectivity index (χ0v) is 26.2. The number of thiophene rings is 2. The predicted octanol–water partition coefficient (Wildman–Crippen LogP) is 12.5. The fourth-order valence-corrected chi connectivity index (χ4v) is 9.38. The number of benzene rings is 7. The van der Waals surface area contributed by atoms with Crippen molar-refractivity contribution in [1.29, 1.82) is 0 Å². The molecule has 0 bridgehead atoms. The minimum Gasteiger partial charge on any atom is -0.236 e. The summed E-state index contributed by atoms with van der Waals surface area (Å²) < 4.78 is 5.46. The summed E-state index contributed by atoms with van der Waals surface area (Å²) in [4.78, 5) is 9.61. The van der Waals surface area contributed by atoms with Gasteiger partial charge in [0.2, 0.25) is 0 Å². The molecule has 4 heteroatoms. The summed E-state index contributed by atoms with van der Waals surface area (Å²) in [5, 5.41) is 10.2. The van der Waals surface area contributed by atoms with Crippen LogP contribution < -0.4 is 0 Å². The van der Waals surface area contributed by atoms with Crippen LogP contribution in [0.1, 0.15) is 0 Å².